The molecule has 1 saturated heterocycles. The third-order valence-corrected chi connectivity index (χ3v) is 7.50. The second kappa shape index (κ2) is 16.3. The van der Waals surface area contributed by atoms with Crippen molar-refractivity contribution in [1.29, 1.82) is 0 Å². The highest BCUT2D eigenvalue weighted by atomic mass is 127. The van der Waals surface area contributed by atoms with Crippen LogP contribution in [0.15, 0.2) is 42.5 Å². The second-order valence-electron chi connectivity index (χ2n) is 10.3. The first-order valence-electron chi connectivity index (χ1n) is 13.8. The van der Waals surface area contributed by atoms with E-state index >= 15 is 0 Å². The number of hydroxylamine groups is 2. The zero-order valence-corrected chi connectivity index (χ0v) is 25.4. The molecular formula is C29H33F5IN3O5. The van der Waals surface area contributed by atoms with Crippen LogP contribution in [-0.2, 0) is 32.2 Å². The fourth-order valence-corrected chi connectivity index (χ4v) is 5.35. The van der Waals surface area contributed by atoms with Gasteiger partial charge in [-0.15, -0.1) is 0 Å². The molecule has 8 nitrogen and oxygen atoms in total. The molecule has 0 saturated carbocycles. The number of likely N-dealkylation sites (tertiary alicyclic amines) is 1. The van der Waals surface area contributed by atoms with Crippen molar-refractivity contribution in [1.82, 2.24) is 15.3 Å². The molecule has 0 aliphatic carbocycles. The van der Waals surface area contributed by atoms with Crippen molar-refractivity contribution in [2.45, 2.75) is 69.8 Å². The molecule has 2 aromatic rings. The highest BCUT2D eigenvalue weighted by molar-refractivity contribution is 14.1. The van der Waals surface area contributed by atoms with Crippen LogP contribution in [0.1, 0.15) is 49.7 Å². The molecule has 1 heterocycles. The number of aliphatic hydroxyl groups is 1. The zero-order chi connectivity index (χ0) is 31.6. The van der Waals surface area contributed by atoms with Gasteiger partial charge in [-0.2, -0.15) is 18.2 Å². The summed E-state index contributed by atoms with van der Waals surface area (Å²) in [5.41, 5.74) is 0.734. The molecule has 0 spiro atoms. The van der Waals surface area contributed by atoms with Gasteiger partial charge in [0.25, 0.3) is 5.91 Å². The maximum absolute atomic E-state index is 14.0. The Hall–Kier alpha value is -2.85. The van der Waals surface area contributed by atoms with E-state index in [4.69, 9.17) is 0 Å². The summed E-state index contributed by atoms with van der Waals surface area (Å²) < 4.78 is 68.5. The van der Waals surface area contributed by atoms with Crippen LogP contribution in [0.5, 0.6) is 0 Å². The van der Waals surface area contributed by atoms with Crippen LogP contribution in [0.2, 0.25) is 0 Å². The summed E-state index contributed by atoms with van der Waals surface area (Å²) in [6.07, 6.45) is -5.58. The molecule has 0 bridgehead atoms. The first kappa shape index (κ1) is 34.6. The molecule has 1 fully saturated rings. The van der Waals surface area contributed by atoms with E-state index in [2.05, 4.69) is 32.7 Å². The van der Waals surface area contributed by atoms with E-state index in [9.17, 15) is 41.4 Å². The number of rotatable bonds is 12. The van der Waals surface area contributed by atoms with E-state index in [1.54, 1.807) is 11.0 Å². The first-order chi connectivity index (χ1) is 20.3. The van der Waals surface area contributed by atoms with Gasteiger partial charge in [0.05, 0.1) is 6.10 Å². The van der Waals surface area contributed by atoms with Gasteiger partial charge in [0.2, 0.25) is 5.91 Å². The van der Waals surface area contributed by atoms with Crippen LogP contribution >= 0.6 is 22.6 Å². The number of aliphatic hydroxyl groups excluding tert-OH is 1. The Morgan fingerprint density at radius 2 is 1.67 bits per heavy atom. The van der Waals surface area contributed by atoms with E-state index in [0.29, 0.717) is 19.2 Å². The maximum atomic E-state index is 14.0. The lowest BCUT2D eigenvalue weighted by atomic mass is 9.99. The molecule has 2 atom stereocenters. The van der Waals surface area contributed by atoms with Gasteiger partial charge in [0, 0.05) is 48.7 Å². The van der Waals surface area contributed by atoms with Crippen molar-refractivity contribution < 1.29 is 46.3 Å². The molecule has 0 radical (unpaired) electrons. The van der Waals surface area contributed by atoms with Crippen molar-refractivity contribution in [2.75, 3.05) is 19.6 Å². The van der Waals surface area contributed by atoms with Crippen molar-refractivity contribution in [3.05, 3.63) is 68.8 Å². The Kier molecular flexibility index (Phi) is 13.1. The van der Waals surface area contributed by atoms with Crippen LogP contribution in [0, 0.1) is 15.2 Å². The number of benzene rings is 2. The molecule has 3 rings (SSSR count). The second-order valence-corrected chi connectivity index (χ2v) is 11.5. The minimum absolute atomic E-state index is 0.0590. The molecule has 2 amide bonds. The first-order valence-corrected chi connectivity index (χ1v) is 14.9. The number of carbonyl (C=O) groups excluding carboxylic acids is 3. The van der Waals surface area contributed by atoms with Gasteiger partial charge in [-0.05, 0) is 90.1 Å². The van der Waals surface area contributed by atoms with Gasteiger partial charge >= 0.3 is 12.1 Å². The third kappa shape index (κ3) is 11.3. The topological polar surface area (TPSA) is 99.2 Å². The molecule has 1 aliphatic rings. The lowest BCUT2D eigenvalue weighted by Crippen LogP contribution is -2.53. The molecule has 2 N–H and O–H groups in total. The van der Waals surface area contributed by atoms with Gasteiger partial charge in [0.15, 0.2) is 0 Å². The van der Waals surface area contributed by atoms with Gasteiger partial charge in [0.1, 0.15) is 17.7 Å². The highest BCUT2D eigenvalue weighted by Gasteiger charge is 2.45. The van der Waals surface area contributed by atoms with E-state index in [1.807, 2.05) is 18.2 Å². The number of hydrogen-bond acceptors (Lipinski definition) is 6. The minimum Gasteiger partial charge on any atom is -0.389 e. The van der Waals surface area contributed by atoms with Gasteiger partial charge < -0.3 is 20.2 Å². The van der Waals surface area contributed by atoms with Crippen molar-refractivity contribution in [2.24, 2.45) is 0 Å². The Balaban J connectivity index is 1.81. The lowest BCUT2D eigenvalue weighted by molar-refractivity contribution is -0.248. The number of nitrogens with one attached hydrogen (secondary N) is 1. The third-order valence-electron chi connectivity index (χ3n) is 6.83. The summed E-state index contributed by atoms with van der Waals surface area (Å²) in [7, 11) is 0. The molecule has 236 valence electrons. The molecule has 0 unspecified atom stereocenters. The summed E-state index contributed by atoms with van der Waals surface area (Å²) in [5.74, 6) is -6.00. The molecule has 0 aromatic heterocycles. The van der Waals surface area contributed by atoms with Gasteiger partial charge in [-0.25, -0.2) is 13.6 Å². The zero-order valence-electron chi connectivity index (χ0n) is 23.2. The number of alkyl halides is 3. The number of halogens is 6. The standard InChI is InChI=1S/C29H33F5IN3O5/c30-21-12-20(13-22(31)16-21)15-24(25(39)18-36-17-19-6-4-7-23(35)14-19)38(43-28(42)29(32,33)34)27(41)9-5-8-26(40)37-10-2-1-3-11-37/h4,6-7,12-14,16,24-25,36,39H,1-3,5,8-11,15,17-18H2/t24-,25+/m0/s1. The Morgan fingerprint density at radius 3 is 2.30 bits per heavy atom. The van der Waals surface area contributed by atoms with Crippen LogP contribution in [0.4, 0.5) is 22.0 Å². The number of piperidine rings is 1. The van der Waals surface area contributed by atoms with E-state index in [1.165, 1.54) is 0 Å². The Labute approximate surface area is 259 Å². The average Bonchev–Trinajstić information content (AvgIpc) is 2.94. The van der Waals surface area contributed by atoms with Crippen LogP contribution in [-0.4, -0.2) is 70.8 Å². The van der Waals surface area contributed by atoms with Crippen molar-refractivity contribution in [3.63, 3.8) is 0 Å². The Morgan fingerprint density at radius 1 is 1.00 bits per heavy atom. The largest absolute Gasteiger partial charge is 0.493 e. The van der Waals surface area contributed by atoms with Gasteiger partial charge in [-0.1, -0.05) is 12.1 Å². The average molecular weight is 725 g/mol. The van der Waals surface area contributed by atoms with Crippen molar-refractivity contribution in [3.8, 4) is 0 Å². The minimum atomic E-state index is -5.48. The highest BCUT2D eigenvalue weighted by Crippen LogP contribution is 2.23. The van der Waals surface area contributed by atoms with Gasteiger partial charge in [-0.3, -0.25) is 9.59 Å². The monoisotopic (exact) mass is 725 g/mol. The van der Waals surface area contributed by atoms with Crippen molar-refractivity contribution >= 4 is 40.4 Å². The summed E-state index contributed by atoms with van der Waals surface area (Å²) >= 11 is 2.11. The van der Waals surface area contributed by atoms with Crippen LogP contribution < -0.4 is 5.32 Å². The predicted octanol–water partition coefficient (Wildman–Crippen LogP) is 4.66. The Bertz CT molecular complexity index is 1240. The summed E-state index contributed by atoms with van der Waals surface area (Å²) in [6, 6.07) is 8.06. The summed E-state index contributed by atoms with van der Waals surface area (Å²) in [6.45, 7) is 1.12. The smallest absolute Gasteiger partial charge is 0.389 e. The molecule has 14 heteroatoms. The van der Waals surface area contributed by atoms with E-state index in [0.717, 1.165) is 40.5 Å². The maximum Gasteiger partial charge on any atom is 0.493 e. The molecular weight excluding hydrogens is 692 g/mol. The fourth-order valence-electron chi connectivity index (χ4n) is 4.74. The SMILES string of the molecule is O=C(CCCC(=O)N(OC(=O)C(F)(F)F)[C@@H](Cc1cc(F)cc(F)c1)[C@H](O)CNCc1cccc(I)c1)N1CCCCC1. The molecule has 1 aliphatic heterocycles. The summed E-state index contributed by atoms with van der Waals surface area (Å²) in [4.78, 5) is 43.8. The number of carbonyl (C=O) groups is 3. The fraction of sp³-hybridized carbons (Fsp3) is 0.483. The lowest BCUT2D eigenvalue weighted by Gasteiger charge is -2.33. The quantitative estimate of drug-likeness (QED) is 0.188. The number of hydrogen-bond donors (Lipinski definition) is 2. The number of nitrogens with zero attached hydrogens (tertiary/aromatic N) is 2. The van der Waals surface area contributed by atoms with Crippen LogP contribution in [0.3, 0.4) is 0 Å². The normalized spacial score (nSPS) is 15.1. The molecule has 2 aromatic carbocycles. The van der Waals surface area contributed by atoms with E-state index < -0.39 is 54.7 Å². The van der Waals surface area contributed by atoms with Crippen LogP contribution in [0.25, 0.3) is 0 Å². The predicted molar refractivity (Wildman–Crippen MR) is 154 cm³/mol. The number of amides is 2. The molecule has 43 heavy (non-hydrogen) atoms. The van der Waals surface area contributed by atoms with E-state index in [-0.39, 0.29) is 42.5 Å². The summed E-state index contributed by atoms with van der Waals surface area (Å²) in [5, 5.41) is 14.1.